The first-order valence-electron chi connectivity index (χ1n) is 11.6. The summed E-state index contributed by atoms with van der Waals surface area (Å²) in [6.07, 6.45) is 3.17. The van der Waals surface area contributed by atoms with Crippen LogP contribution in [0.5, 0.6) is 11.5 Å². The maximum Gasteiger partial charge on any atom is 0.311 e. The fraction of sp³-hybridized carbons (Fsp3) is 0.385. The molecule has 0 amide bonds. The van der Waals surface area contributed by atoms with E-state index < -0.39 is 0 Å². The molecule has 8 heteroatoms. The summed E-state index contributed by atoms with van der Waals surface area (Å²) in [4.78, 5) is 13.8. The highest BCUT2D eigenvalue weighted by Gasteiger charge is 2.33. The van der Waals surface area contributed by atoms with E-state index in [0.717, 1.165) is 66.1 Å². The zero-order valence-corrected chi connectivity index (χ0v) is 20.2. The van der Waals surface area contributed by atoms with Gasteiger partial charge in [-0.3, -0.25) is 14.4 Å². The molecular weight excluding hydrogens is 454 g/mol. The van der Waals surface area contributed by atoms with Gasteiger partial charge in [0.1, 0.15) is 24.7 Å². The van der Waals surface area contributed by atoms with Crippen LogP contribution in [0.1, 0.15) is 24.5 Å². The van der Waals surface area contributed by atoms with Crippen molar-refractivity contribution in [2.45, 2.75) is 26.5 Å². The van der Waals surface area contributed by atoms with Gasteiger partial charge in [-0.1, -0.05) is 24.6 Å². The summed E-state index contributed by atoms with van der Waals surface area (Å²) < 4.78 is 18.8. The van der Waals surface area contributed by atoms with Gasteiger partial charge < -0.3 is 14.2 Å². The second-order valence-corrected chi connectivity index (χ2v) is 9.22. The predicted octanol–water partition coefficient (Wildman–Crippen LogP) is 4.56. The van der Waals surface area contributed by atoms with Crippen LogP contribution in [0.4, 0.5) is 0 Å². The first-order chi connectivity index (χ1) is 16.5. The quantitative estimate of drug-likeness (QED) is 0.439. The zero-order chi connectivity index (χ0) is 23.7. The maximum atomic E-state index is 11.6. The minimum Gasteiger partial charge on any atom is -0.489 e. The summed E-state index contributed by atoms with van der Waals surface area (Å²) in [6, 6.07) is 12.1. The Kier molecular flexibility index (Phi) is 6.48. The molecule has 2 aliphatic heterocycles. The topological polar surface area (TPSA) is 65.8 Å². The van der Waals surface area contributed by atoms with E-state index in [1.54, 1.807) is 0 Å². The first kappa shape index (κ1) is 22.7. The van der Waals surface area contributed by atoms with E-state index in [1.165, 1.54) is 12.7 Å². The Labute approximate surface area is 203 Å². The van der Waals surface area contributed by atoms with Crippen molar-refractivity contribution >= 4 is 34.5 Å². The van der Waals surface area contributed by atoms with Gasteiger partial charge in [0.05, 0.1) is 18.5 Å². The largest absolute Gasteiger partial charge is 0.489 e. The number of halogens is 1. The van der Waals surface area contributed by atoms with Crippen molar-refractivity contribution in [1.82, 2.24) is 14.7 Å². The van der Waals surface area contributed by atoms with E-state index in [2.05, 4.69) is 35.1 Å². The Morgan fingerprint density at radius 1 is 1.24 bits per heavy atom. The molecule has 0 N–H and O–H groups in total. The maximum absolute atomic E-state index is 11.6. The highest BCUT2D eigenvalue weighted by atomic mass is 35.5. The molecular formula is C26H28ClN3O4. The number of ether oxygens (including phenoxy) is 3. The van der Waals surface area contributed by atoms with Crippen LogP contribution in [0.25, 0.3) is 17.0 Å². The molecule has 7 nitrogen and oxygen atoms in total. The summed E-state index contributed by atoms with van der Waals surface area (Å²) in [5, 5.41) is 5.90. The van der Waals surface area contributed by atoms with E-state index in [4.69, 9.17) is 25.8 Å². The minimum atomic E-state index is -0.127. The van der Waals surface area contributed by atoms with Crippen molar-refractivity contribution in [2.24, 2.45) is 5.92 Å². The first-order valence-corrected chi connectivity index (χ1v) is 12.0. The summed E-state index contributed by atoms with van der Waals surface area (Å²) >= 11 is 6.35. The van der Waals surface area contributed by atoms with Gasteiger partial charge >= 0.3 is 5.97 Å². The third-order valence-corrected chi connectivity index (χ3v) is 6.57. The van der Waals surface area contributed by atoms with Crippen molar-refractivity contribution < 1.29 is 19.0 Å². The standard InChI is InChI=1S/C26H28ClN3O4/c1-3-8-30-23-7-4-17(10-22(23)25(27)28-30)15-33-21-6-5-19-9-18(16-34-24(19)11-21)12-29-13-20(14-29)26(31)32-2/h4-7,9-11,20H,3,8,12-16H2,1-2H3. The highest BCUT2D eigenvalue weighted by Crippen LogP contribution is 2.32. The van der Waals surface area contributed by atoms with E-state index >= 15 is 0 Å². The smallest absolute Gasteiger partial charge is 0.311 e. The lowest BCUT2D eigenvalue weighted by Crippen LogP contribution is -2.51. The number of carbonyl (C=O) groups is 1. The second kappa shape index (κ2) is 9.68. The van der Waals surface area contributed by atoms with Gasteiger partial charge in [-0.15, -0.1) is 0 Å². The third-order valence-electron chi connectivity index (χ3n) is 6.29. The molecule has 1 aromatic heterocycles. The Hall–Kier alpha value is -3.03. The number of esters is 1. The number of hydrogen-bond donors (Lipinski definition) is 0. The lowest BCUT2D eigenvalue weighted by molar-refractivity contribution is -0.151. The Bertz CT molecular complexity index is 1250. The molecule has 3 aromatic rings. The average Bonchev–Trinajstić information content (AvgIpc) is 3.14. The molecule has 0 bridgehead atoms. The normalized spacial score (nSPS) is 15.9. The molecule has 1 fully saturated rings. The molecule has 0 atom stereocenters. The number of hydrogen-bond acceptors (Lipinski definition) is 6. The van der Waals surface area contributed by atoms with Crippen molar-refractivity contribution in [2.75, 3.05) is 33.4 Å². The molecule has 2 aromatic carbocycles. The Balaban J connectivity index is 1.20. The van der Waals surface area contributed by atoms with Crippen molar-refractivity contribution in [1.29, 1.82) is 0 Å². The average molecular weight is 482 g/mol. The van der Waals surface area contributed by atoms with Crippen LogP contribution in [-0.4, -0.2) is 54.0 Å². The van der Waals surface area contributed by atoms with Crippen LogP contribution in [0.2, 0.25) is 5.15 Å². The molecule has 0 aliphatic carbocycles. The van der Waals surface area contributed by atoms with E-state index in [9.17, 15) is 4.79 Å². The van der Waals surface area contributed by atoms with E-state index in [1.807, 2.05) is 28.9 Å². The van der Waals surface area contributed by atoms with Crippen LogP contribution in [-0.2, 0) is 22.7 Å². The lowest BCUT2D eigenvalue weighted by Gasteiger charge is -2.38. The number of aryl methyl sites for hydroxylation is 1. The lowest BCUT2D eigenvalue weighted by atomic mass is 9.98. The fourth-order valence-electron chi connectivity index (χ4n) is 4.50. The van der Waals surface area contributed by atoms with Crippen molar-refractivity contribution in [3.8, 4) is 11.5 Å². The molecule has 0 unspecified atom stereocenters. The minimum absolute atomic E-state index is 0.00800. The molecule has 178 valence electrons. The number of fused-ring (bicyclic) bond motifs is 2. The van der Waals surface area contributed by atoms with E-state index in [-0.39, 0.29) is 11.9 Å². The second-order valence-electron chi connectivity index (χ2n) is 8.86. The van der Waals surface area contributed by atoms with Crippen LogP contribution in [0, 0.1) is 5.92 Å². The number of methoxy groups -OCH3 is 1. The third kappa shape index (κ3) is 4.63. The van der Waals surface area contributed by atoms with Gasteiger partial charge in [0.2, 0.25) is 0 Å². The number of rotatable bonds is 8. The zero-order valence-electron chi connectivity index (χ0n) is 19.4. The van der Waals surface area contributed by atoms with Gasteiger partial charge in [0, 0.05) is 43.2 Å². The Morgan fingerprint density at radius 2 is 2.09 bits per heavy atom. The van der Waals surface area contributed by atoms with Crippen LogP contribution >= 0.6 is 11.6 Å². The number of carbonyl (C=O) groups excluding carboxylic acids is 1. The summed E-state index contributed by atoms with van der Waals surface area (Å²) in [7, 11) is 1.44. The monoisotopic (exact) mass is 481 g/mol. The number of aromatic nitrogens is 2. The number of benzene rings is 2. The summed E-state index contributed by atoms with van der Waals surface area (Å²) in [5.41, 5.74) is 4.30. The molecule has 3 heterocycles. The van der Waals surface area contributed by atoms with Crippen LogP contribution in [0.3, 0.4) is 0 Å². The molecule has 1 saturated heterocycles. The number of nitrogens with zero attached hydrogens (tertiary/aromatic N) is 3. The fourth-order valence-corrected chi connectivity index (χ4v) is 4.74. The molecule has 0 radical (unpaired) electrons. The van der Waals surface area contributed by atoms with Crippen molar-refractivity contribution in [3.63, 3.8) is 0 Å². The molecule has 34 heavy (non-hydrogen) atoms. The summed E-state index contributed by atoms with van der Waals surface area (Å²) in [6.45, 7) is 6.20. The Morgan fingerprint density at radius 3 is 2.88 bits per heavy atom. The molecule has 2 aliphatic rings. The number of likely N-dealkylation sites (tertiary alicyclic amines) is 1. The van der Waals surface area contributed by atoms with Gasteiger partial charge in [-0.05, 0) is 47.9 Å². The van der Waals surface area contributed by atoms with Crippen molar-refractivity contribution in [3.05, 3.63) is 58.3 Å². The summed E-state index contributed by atoms with van der Waals surface area (Å²) in [5.74, 6) is 1.44. The highest BCUT2D eigenvalue weighted by molar-refractivity contribution is 6.34. The van der Waals surface area contributed by atoms with Crippen LogP contribution < -0.4 is 9.47 Å². The van der Waals surface area contributed by atoms with Crippen LogP contribution in [0.15, 0.2) is 42.0 Å². The van der Waals surface area contributed by atoms with Gasteiger partial charge in [0.25, 0.3) is 0 Å². The van der Waals surface area contributed by atoms with E-state index in [0.29, 0.717) is 18.4 Å². The predicted molar refractivity (Wildman–Crippen MR) is 131 cm³/mol. The van der Waals surface area contributed by atoms with Gasteiger partial charge in [-0.2, -0.15) is 5.10 Å². The molecule has 0 spiro atoms. The molecule has 5 rings (SSSR count). The molecule has 0 saturated carbocycles. The van der Waals surface area contributed by atoms with Gasteiger partial charge in [-0.25, -0.2) is 0 Å². The van der Waals surface area contributed by atoms with Gasteiger partial charge in [0.15, 0.2) is 5.15 Å². The SMILES string of the molecule is CCCn1nc(Cl)c2cc(COc3ccc4c(c3)OCC(CN3CC(C(=O)OC)C3)=C4)ccc21.